The Morgan fingerprint density at radius 3 is 2.61 bits per heavy atom. The van der Waals surface area contributed by atoms with E-state index in [1.165, 1.54) is 0 Å². The Bertz CT molecular complexity index is 640. The Balaban J connectivity index is 1.68. The van der Waals surface area contributed by atoms with Crippen LogP contribution in [-0.2, 0) is 16.1 Å². The number of carboxylic acid groups (broad SMARTS) is 1. The van der Waals surface area contributed by atoms with Crippen molar-refractivity contribution in [1.82, 2.24) is 5.32 Å². The van der Waals surface area contributed by atoms with Crippen LogP contribution in [0.15, 0.2) is 36.4 Å². The monoisotopic (exact) mass is 315 g/mol. The molecule has 122 valence electrons. The minimum atomic E-state index is -0.878. The number of rotatable bonds is 6. The van der Waals surface area contributed by atoms with Gasteiger partial charge in [-0.1, -0.05) is 30.4 Å². The van der Waals surface area contributed by atoms with Crippen LogP contribution in [0.2, 0.25) is 0 Å². The highest BCUT2D eigenvalue weighted by molar-refractivity contribution is 5.86. The number of allylic oxidation sites excluding steroid dienone is 2. The van der Waals surface area contributed by atoms with Crippen molar-refractivity contribution in [3.05, 3.63) is 42.0 Å². The van der Waals surface area contributed by atoms with Crippen LogP contribution < -0.4 is 10.1 Å². The molecule has 1 fully saturated rings. The third-order valence-corrected chi connectivity index (χ3v) is 4.77. The highest BCUT2D eigenvalue weighted by Gasteiger charge is 2.51. The third-order valence-electron chi connectivity index (χ3n) is 4.77. The normalized spacial score (nSPS) is 27.9. The number of aliphatic carboxylic acids is 1. The molecule has 4 atom stereocenters. The number of para-hydroxylation sites is 1. The average Bonchev–Trinajstić information content (AvgIpc) is 3.15. The van der Waals surface area contributed by atoms with Gasteiger partial charge >= 0.3 is 5.97 Å². The van der Waals surface area contributed by atoms with E-state index in [9.17, 15) is 14.7 Å². The molecule has 1 aromatic carbocycles. The molecule has 0 radical (unpaired) electrons. The van der Waals surface area contributed by atoms with E-state index in [-0.39, 0.29) is 17.7 Å². The lowest BCUT2D eigenvalue weighted by Crippen LogP contribution is -2.39. The molecular formula is C18H21NO4. The summed E-state index contributed by atoms with van der Waals surface area (Å²) in [5.41, 5.74) is 0.897. The second kappa shape index (κ2) is 6.44. The molecule has 23 heavy (non-hydrogen) atoms. The summed E-state index contributed by atoms with van der Waals surface area (Å²) in [5, 5.41) is 12.3. The smallest absolute Gasteiger partial charge is 0.307 e. The van der Waals surface area contributed by atoms with E-state index in [0.717, 1.165) is 17.7 Å². The van der Waals surface area contributed by atoms with Crippen LogP contribution in [-0.4, -0.2) is 23.6 Å². The molecule has 3 rings (SSSR count). The second-order valence-corrected chi connectivity index (χ2v) is 6.10. The van der Waals surface area contributed by atoms with Crippen LogP contribution in [0.3, 0.4) is 0 Å². The van der Waals surface area contributed by atoms with Crippen molar-refractivity contribution in [3.8, 4) is 5.75 Å². The van der Waals surface area contributed by atoms with Gasteiger partial charge in [-0.25, -0.2) is 0 Å². The number of amides is 1. The lowest BCUT2D eigenvalue weighted by molar-refractivity contribution is -0.147. The van der Waals surface area contributed by atoms with Gasteiger partial charge in [0.1, 0.15) is 5.75 Å². The lowest BCUT2D eigenvalue weighted by Gasteiger charge is -2.24. The number of nitrogens with one attached hydrogen (secondary N) is 1. The molecule has 5 nitrogen and oxygen atoms in total. The van der Waals surface area contributed by atoms with E-state index >= 15 is 0 Å². The minimum absolute atomic E-state index is 0.0102. The molecule has 5 heteroatoms. The van der Waals surface area contributed by atoms with Crippen molar-refractivity contribution in [2.45, 2.75) is 19.9 Å². The fourth-order valence-electron chi connectivity index (χ4n) is 3.76. The standard InChI is InChI=1S/C18H21NO4/c1-2-23-14-6-4-3-5-13(14)10-19-17(20)15-11-7-8-12(9-11)16(15)18(21)22/h3-8,11-12,15-16H,2,9-10H2,1H3,(H,19,20)(H,21,22). The quantitative estimate of drug-likeness (QED) is 0.789. The molecule has 0 spiro atoms. The number of carboxylic acids is 1. The first-order valence-electron chi connectivity index (χ1n) is 8.01. The maximum absolute atomic E-state index is 12.5. The number of hydrogen-bond donors (Lipinski definition) is 2. The molecule has 2 bridgehead atoms. The van der Waals surface area contributed by atoms with Crippen LogP contribution >= 0.6 is 0 Å². The molecular weight excluding hydrogens is 294 g/mol. The van der Waals surface area contributed by atoms with Crippen molar-refractivity contribution in [2.24, 2.45) is 23.7 Å². The van der Waals surface area contributed by atoms with E-state index in [1.807, 2.05) is 43.3 Å². The van der Waals surface area contributed by atoms with Crippen molar-refractivity contribution in [2.75, 3.05) is 6.61 Å². The van der Waals surface area contributed by atoms with Crippen LogP contribution in [0.25, 0.3) is 0 Å². The van der Waals surface area contributed by atoms with Crippen LogP contribution in [0, 0.1) is 23.7 Å². The number of ether oxygens (including phenoxy) is 1. The van der Waals surface area contributed by atoms with Gasteiger partial charge in [0.2, 0.25) is 5.91 Å². The summed E-state index contributed by atoms with van der Waals surface area (Å²) in [7, 11) is 0. The molecule has 1 aromatic rings. The number of fused-ring (bicyclic) bond motifs is 2. The minimum Gasteiger partial charge on any atom is -0.494 e. The summed E-state index contributed by atoms with van der Waals surface area (Å²) in [4.78, 5) is 24.0. The molecule has 0 saturated heterocycles. The molecule has 0 aromatic heterocycles. The number of hydrogen-bond acceptors (Lipinski definition) is 3. The Morgan fingerprint density at radius 1 is 1.22 bits per heavy atom. The predicted octanol–water partition coefficient (Wildman–Crippen LogP) is 2.22. The van der Waals surface area contributed by atoms with Gasteiger partial charge in [-0.2, -0.15) is 0 Å². The average molecular weight is 315 g/mol. The van der Waals surface area contributed by atoms with Gasteiger partial charge in [-0.3, -0.25) is 9.59 Å². The molecule has 4 unspecified atom stereocenters. The Hall–Kier alpha value is -2.30. The summed E-state index contributed by atoms with van der Waals surface area (Å²) < 4.78 is 5.55. The summed E-state index contributed by atoms with van der Waals surface area (Å²) in [6.45, 7) is 2.82. The zero-order valence-electron chi connectivity index (χ0n) is 13.1. The summed E-state index contributed by atoms with van der Waals surface area (Å²) in [5.74, 6) is -1.35. The van der Waals surface area contributed by atoms with E-state index in [1.54, 1.807) is 0 Å². The maximum atomic E-state index is 12.5. The summed E-state index contributed by atoms with van der Waals surface area (Å²) in [6.07, 6.45) is 4.70. The van der Waals surface area contributed by atoms with Crippen LogP contribution in [0.5, 0.6) is 5.75 Å². The summed E-state index contributed by atoms with van der Waals surface area (Å²) in [6, 6.07) is 7.55. The van der Waals surface area contributed by atoms with Gasteiger partial charge in [-0.15, -0.1) is 0 Å². The lowest BCUT2D eigenvalue weighted by atomic mass is 9.82. The van der Waals surface area contributed by atoms with Crippen molar-refractivity contribution < 1.29 is 19.4 Å². The predicted molar refractivity (Wildman–Crippen MR) is 84.8 cm³/mol. The zero-order chi connectivity index (χ0) is 16.4. The summed E-state index contributed by atoms with van der Waals surface area (Å²) >= 11 is 0. The fraction of sp³-hybridized carbons (Fsp3) is 0.444. The van der Waals surface area contributed by atoms with Gasteiger partial charge in [-0.05, 0) is 31.2 Å². The van der Waals surface area contributed by atoms with Gasteiger partial charge in [0.05, 0.1) is 18.4 Å². The number of benzene rings is 1. The Kier molecular flexibility index (Phi) is 4.37. The molecule has 1 saturated carbocycles. The third kappa shape index (κ3) is 2.96. The van der Waals surface area contributed by atoms with Gasteiger partial charge in [0.15, 0.2) is 0 Å². The van der Waals surface area contributed by atoms with E-state index < -0.39 is 17.8 Å². The highest BCUT2D eigenvalue weighted by Crippen LogP contribution is 2.48. The number of carbonyl (C=O) groups is 2. The van der Waals surface area contributed by atoms with E-state index in [4.69, 9.17) is 4.74 Å². The largest absolute Gasteiger partial charge is 0.494 e. The van der Waals surface area contributed by atoms with Gasteiger partial charge in [0, 0.05) is 12.1 Å². The van der Waals surface area contributed by atoms with Crippen molar-refractivity contribution in [3.63, 3.8) is 0 Å². The van der Waals surface area contributed by atoms with Crippen molar-refractivity contribution in [1.29, 1.82) is 0 Å². The number of carbonyl (C=O) groups excluding carboxylic acids is 1. The highest BCUT2D eigenvalue weighted by atomic mass is 16.5. The van der Waals surface area contributed by atoms with E-state index in [2.05, 4.69) is 5.32 Å². The zero-order valence-corrected chi connectivity index (χ0v) is 13.1. The Labute approximate surface area is 135 Å². The first-order chi connectivity index (χ1) is 11.1. The first-order valence-corrected chi connectivity index (χ1v) is 8.01. The van der Waals surface area contributed by atoms with Gasteiger partial charge in [0.25, 0.3) is 0 Å². The fourth-order valence-corrected chi connectivity index (χ4v) is 3.76. The van der Waals surface area contributed by atoms with Crippen LogP contribution in [0.1, 0.15) is 18.9 Å². The molecule has 0 aliphatic heterocycles. The molecule has 2 aliphatic carbocycles. The molecule has 0 heterocycles. The van der Waals surface area contributed by atoms with E-state index in [0.29, 0.717) is 13.2 Å². The second-order valence-electron chi connectivity index (χ2n) is 6.10. The Morgan fingerprint density at radius 2 is 1.91 bits per heavy atom. The molecule has 2 aliphatic rings. The first kappa shape index (κ1) is 15.6. The maximum Gasteiger partial charge on any atom is 0.307 e. The topological polar surface area (TPSA) is 75.6 Å². The van der Waals surface area contributed by atoms with Gasteiger partial charge < -0.3 is 15.2 Å². The molecule has 2 N–H and O–H groups in total. The molecule has 1 amide bonds. The van der Waals surface area contributed by atoms with Crippen molar-refractivity contribution >= 4 is 11.9 Å². The SMILES string of the molecule is CCOc1ccccc1CNC(=O)C1C2C=CC(C2)C1C(=O)O. The van der Waals surface area contributed by atoms with Crippen LogP contribution in [0.4, 0.5) is 0 Å².